The van der Waals surface area contributed by atoms with Crippen molar-refractivity contribution in [2.24, 2.45) is 0 Å². The van der Waals surface area contributed by atoms with E-state index in [1.54, 1.807) is 0 Å². The summed E-state index contributed by atoms with van der Waals surface area (Å²) < 4.78 is 0. The molecule has 2 N–H and O–H groups in total. The lowest BCUT2D eigenvalue weighted by atomic mass is 10.2. The summed E-state index contributed by atoms with van der Waals surface area (Å²) in [5.41, 5.74) is -0.0188. The smallest absolute Gasteiger partial charge is 0.257 e. The highest BCUT2D eigenvalue weighted by Crippen LogP contribution is 2.26. The molecule has 1 aromatic heterocycles. The lowest BCUT2D eigenvalue weighted by Gasteiger charge is -2.11. The number of fused-ring (bicyclic) bond motifs is 1. The standard InChI is InChI=1S/C14H16N2OS/c17-14-12-6-2-1-4-10(12)8-13(16-14)15-9-11-5-3-7-18-11/h1-2,4,6,8,11H,3,5,7,9H2,(H2,15,16,17). The predicted octanol–water partition coefficient (Wildman–Crippen LogP) is 2.84. The number of aromatic nitrogens is 1. The van der Waals surface area contributed by atoms with E-state index in [9.17, 15) is 4.79 Å². The molecule has 1 unspecified atom stereocenters. The van der Waals surface area contributed by atoms with Crippen molar-refractivity contribution in [3.05, 3.63) is 40.7 Å². The van der Waals surface area contributed by atoms with Crippen LogP contribution in [0.3, 0.4) is 0 Å². The van der Waals surface area contributed by atoms with Gasteiger partial charge in [0.15, 0.2) is 0 Å². The Morgan fingerprint density at radius 2 is 2.28 bits per heavy atom. The Morgan fingerprint density at radius 1 is 1.39 bits per heavy atom. The van der Waals surface area contributed by atoms with Gasteiger partial charge < -0.3 is 10.3 Å². The summed E-state index contributed by atoms with van der Waals surface area (Å²) >= 11 is 2.01. The van der Waals surface area contributed by atoms with Gasteiger partial charge in [0.25, 0.3) is 5.56 Å². The van der Waals surface area contributed by atoms with Crippen molar-refractivity contribution in [3.63, 3.8) is 0 Å². The minimum atomic E-state index is -0.0188. The van der Waals surface area contributed by atoms with Gasteiger partial charge in [-0.15, -0.1) is 0 Å². The third kappa shape index (κ3) is 2.38. The minimum absolute atomic E-state index is 0.0188. The number of H-pyrrole nitrogens is 1. The van der Waals surface area contributed by atoms with Gasteiger partial charge >= 0.3 is 0 Å². The molecule has 1 aliphatic rings. The fourth-order valence-electron chi connectivity index (χ4n) is 2.34. The third-order valence-corrected chi connectivity index (χ3v) is 4.70. The molecule has 0 saturated carbocycles. The summed E-state index contributed by atoms with van der Waals surface area (Å²) in [6, 6.07) is 9.68. The monoisotopic (exact) mass is 260 g/mol. The van der Waals surface area contributed by atoms with Gasteiger partial charge in [0.2, 0.25) is 0 Å². The average Bonchev–Trinajstić information content (AvgIpc) is 2.90. The van der Waals surface area contributed by atoms with Gasteiger partial charge in [-0.3, -0.25) is 4.79 Å². The summed E-state index contributed by atoms with van der Waals surface area (Å²) in [7, 11) is 0. The number of nitrogens with one attached hydrogen (secondary N) is 2. The van der Waals surface area contributed by atoms with Crippen LogP contribution in [-0.2, 0) is 0 Å². The maximum Gasteiger partial charge on any atom is 0.257 e. The molecule has 0 aliphatic carbocycles. The van der Waals surface area contributed by atoms with Gasteiger partial charge in [-0.2, -0.15) is 11.8 Å². The Balaban J connectivity index is 1.81. The molecule has 4 heteroatoms. The van der Waals surface area contributed by atoms with Crippen LogP contribution in [0, 0.1) is 0 Å². The van der Waals surface area contributed by atoms with Crippen LogP contribution in [0.4, 0.5) is 5.82 Å². The van der Waals surface area contributed by atoms with Gasteiger partial charge in [0, 0.05) is 17.2 Å². The van der Waals surface area contributed by atoms with Crippen LogP contribution in [0.1, 0.15) is 12.8 Å². The first-order valence-electron chi connectivity index (χ1n) is 6.30. The maximum absolute atomic E-state index is 11.9. The first-order chi connectivity index (χ1) is 8.83. The number of benzene rings is 1. The lowest BCUT2D eigenvalue weighted by Crippen LogP contribution is -2.17. The van der Waals surface area contributed by atoms with Crippen molar-refractivity contribution in [2.45, 2.75) is 18.1 Å². The molecule has 1 saturated heterocycles. The third-order valence-electron chi connectivity index (χ3n) is 3.30. The van der Waals surface area contributed by atoms with Crippen molar-refractivity contribution >= 4 is 28.4 Å². The zero-order chi connectivity index (χ0) is 12.4. The molecule has 2 aromatic rings. The highest BCUT2D eigenvalue weighted by molar-refractivity contribution is 8.00. The predicted molar refractivity (Wildman–Crippen MR) is 78.5 cm³/mol. The van der Waals surface area contributed by atoms with Crippen LogP contribution in [0.2, 0.25) is 0 Å². The van der Waals surface area contributed by atoms with Gasteiger partial charge in [0.1, 0.15) is 5.82 Å². The second-order valence-electron chi connectivity index (χ2n) is 4.62. The number of thioether (sulfide) groups is 1. The van der Waals surface area contributed by atoms with Crippen LogP contribution in [-0.4, -0.2) is 22.5 Å². The molecular formula is C14H16N2OS. The molecule has 0 amide bonds. The molecule has 1 aromatic carbocycles. The molecule has 18 heavy (non-hydrogen) atoms. The number of anilines is 1. The Labute approximate surface area is 110 Å². The van der Waals surface area contributed by atoms with Crippen molar-refractivity contribution in [1.29, 1.82) is 0 Å². The Kier molecular flexibility index (Phi) is 3.28. The Morgan fingerprint density at radius 3 is 3.11 bits per heavy atom. The van der Waals surface area contributed by atoms with E-state index in [1.807, 2.05) is 42.1 Å². The van der Waals surface area contributed by atoms with E-state index < -0.39 is 0 Å². The largest absolute Gasteiger partial charge is 0.370 e. The molecule has 0 bridgehead atoms. The Bertz CT molecular complexity index is 602. The second-order valence-corrected chi connectivity index (χ2v) is 6.02. The quantitative estimate of drug-likeness (QED) is 0.892. The lowest BCUT2D eigenvalue weighted by molar-refractivity contribution is 0.803. The van der Waals surface area contributed by atoms with Crippen molar-refractivity contribution < 1.29 is 0 Å². The van der Waals surface area contributed by atoms with E-state index in [2.05, 4.69) is 10.3 Å². The van der Waals surface area contributed by atoms with Gasteiger partial charge in [-0.1, -0.05) is 18.2 Å². The molecule has 1 fully saturated rings. The van der Waals surface area contributed by atoms with Crippen molar-refractivity contribution in [3.8, 4) is 0 Å². The molecule has 3 rings (SSSR count). The highest BCUT2D eigenvalue weighted by Gasteiger charge is 2.15. The first-order valence-corrected chi connectivity index (χ1v) is 7.35. The number of hydrogen-bond donors (Lipinski definition) is 2. The highest BCUT2D eigenvalue weighted by atomic mass is 32.2. The number of aromatic amines is 1. The van der Waals surface area contributed by atoms with Crippen molar-refractivity contribution in [2.75, 3.05) is 17.6 Å². The van der Waals surface area contributed by atoms with E-state index in [-0.39, 0.29) is 5.56 Å². The molecule has 94 valence electrons. The normalized spacial score (nSPS) is 19.2. The Hall–Kier alpha value is -1.42. The molecule has 1 aliphatic heterocycles. The zero-order valence-corrected chi connectivity index (χ0v) is 10.9. The van der Waals surface area contributed by atoms with Crippen LogP contribution in [0.25, 0.3) is 10.8 Å². The van der Waals surface area contributed by atoms with Gasteiger partial charge in [-0.25, -0.2) is 0 Å². The van der Waals surface area contributed by atoms with E-state index >= 15 is 0 Å². The summed E-state index contributed by atoms with van der Waals surface area (Å²) in [6.45, 7) is 0.930. The fraction of sp³-hybridized carbons (Fsp3) is 0.357. The molecule has 2 heterocycles. The van der Waals surface area contributed by atoms with Crippen LogP contribution in [0.15, 0.2) is 35.1 Å². The number of pyridine rings is 1. The van der Waals surface area contributed by atoms with Crippen LogP contribution < -0.4 is 10.9 Å². The van der Waals surface area contributed by atoms with Crippen molar-refractivity contribution in [1.82, 2.24) is 4.98 Å². The zero-order valence-electron chi connectivity index (χ0n) is 10.1. The summed E-state index contributed by atoms with van der Waals surface area (Å²) in [5.74, 6) is 2.09. The van der Waals surface area contributed by atoms with E-state index in [0.29, 0.717) is 5.25 Å². The molecule has 3 nitrogen and oxygen atoms in total. The van der Waals surface area contributed by atoms with E-state index in [0.717, 1.165) is 23.1 Å². The van der Waals surface area contributed by atoms with Gasteiger partial charge in [-0.05, 0) is 36.1 Å². The first kappa shape index (κ1) is 11.7. The second kappa shape index (κ2) is 5.06. The fourth-order valence-corrected chi connectivity index (χ4v) is 3.54. The average molecular weight is 260 g/mol. The summed E-state index contributed by atoms with van der Waals surface area (Å²) in [6.07, 6.45) is 2.58. The molecule has 0 radical (unpaired) electrons. The molecule has 0 spiro atoms. The van der Waals surface area contributed by atoms with E-state index in [1.165, 1.54) is 18.6 Å². The van der Waals surface area contributed by atoms with Gasteiger partial charge in [0.05, 0.1) is 0 Å². The van der Waals surface area contributed by atoms with E-state index in [4.69, 9.17) is 0 Å². The molecule has 1 atom stereocenters. The summed E-state index contributed by atoms with van der Waals surface area (Å²) in [4.78, 5) is 14.8. The number of rotatable bonds is 3. The number of hydrogen-bond acceptors (Lipinski definition) is 3. The van der Waals surface area contributed by atoms with Crippen LogP contribution in [0.5, 0.6) is 0 Å². The maximum atomic E-state index is 11.9. The minimum Gasteiger partial charge on any atom is -0.370 e. The van der Waals surface area contributed by atoms with Crippen LogP contribution >= 0.6 is 11.8 Å². The molecular weight excluding hydrogens is 244 g/mol. The topological polar surface area (TPSA) is 44.9 Å². The summed E-state index contributed by atoms with van der Waals surface area (Å²) in [5, 5.41) is 5.76. The SMILES string of the molecule is O=c1[nH]c(NCC2CCCS2)cc2ccccc12.